The summed E-state index contributed by atoms with van der Waals surface area (Å²) in [6.07, 6.45) is 4.17. The van der Waals surface area contributed by atoms with Crippen molar-refractivity contribution in [2.24, 2.45) is 5.92 Å². The summed E-state index contributed by atoms with van der Waals surface area (Å²) < 4.78 is 33.2. The second-order valence-corrected chi connectivity index (χ2v) is 7.36. The van der Waals surface area contributed by atoms with Crippen molar-refractivity contribution in [1.82, 2.24) is 8.61 Å². The molecule has 1 N–H and O–H groups in total. The topological polar surface area (TPSA) is 70.1 Å². The Labute approximate surface area is 121 Å². The molecule has 2 aliphatic heterocycles. The predicted octanol–water partition coefficient (Wildman–Crippen LogP) is 0.214. The van der Waals surface area contributed by atoms with Crippen LogP contribution in [0.5, 0.6) is 0 Å². The lowest BCUT2D eigenvalue weighted by molar-refractivity contribution is 0.166. The highest BCUT2D eigenvalue weighted by atomic mass is 32.2. The number of hydrogen-bond donors (Lipinski definition) is 1. The molecule has 20 heavy (non-hydrogen) atoms. The zero-order valence-corrected chi connectivity index (χ0v) is 12.8. The Hall–Kier alpha value is -0.470. The van der Waals surface area contributed by atoms with Gasteiger partial charge in [-0.25, -0.2) is 0 Å². The molecule has 0 unspecified atom stereocenters. The van der Waals surface area contributed by atoms with Gasteiger partial charge in [-0.1, -0.05) is 6.08 Å². The number of hydrogen-bond acceptors (Lipinski definition) is 4. The van der Waals surface area contributed by atoms with E-state index in [1.165, 1.54) is 4.31 Å². The fraction of sp³-hybridized carbons (Fsp3) is 0.846. The summed E-state index contributed by atoms with van der Waals surface area (Å²) >= 11 is 0. The summed E-state index contributed by atoms with van der Waals surface area (Å²) in [5, 5.41) is 9.11. The number of methoxy groups -OCH3 is 1. The van der Waals surface area contributed by atoms with Crippen LogP contribution in [0, 0.1) is 5.92 Å². The molecule has 116 valence electrons. The first-order chi connectivity index (χ1) is 9.57. The number of ether oxygens (including phenoxy) is 1. The Morgan fingerprint density at radius 1 is 1.30 bits per heavy atom. The Kier molecular flexibility index (Phi) is 5.57. The first-order valence-corrected chi connectivity index (χ1v) is 8.50. The monoisotopic (exact) mass is 304 g/mol. The highest BCUT2D eigenvalue weighted by molar-refractivity contribution is 7.86. The number of aliphatic hydroxyl groups is 1. The smallest absolute Gasteiger partial charge is 0.282 e. The van der Waals surface area contributed by atoms with E-state index >= 15 is 0 Å². The molecule has 0 amide bonds. The zero-order chi connectivity index (χ0) is 14.6. The lowest BCUT2D eigenvalue weighted by atomic mass is 10.00. The molecule has 0 aromatic rings. The van der Waals surface area contributed by atoms with Gasteiger partial charge in [0.1, 0.15) is 0 Å². The molecule has 0 atom stereocenters. The van der Waals surface area contributed by atoms with Crippen LogP contribution in [0.15, 0.2) is 11.6 Å². The van der Waals surface area contributed by atoms with Crippen LogP contribution >= 0.6 is 0 Å². The highest BCUT2D eigenvalue weighted by Crippen LogP contribution is 2.23. The number of rotatable bonds is 5. The molecule has 0 radical (unpaired) electrons. The van der Waals surface area contributed by atoms with E-state index in [4.69, 9.17) is 9.84 Å². The Morgan fingerprint density at radius 3 is 2.50 bits per heavy atom. The van der Waals surface area contributed by atoms with Crippen LogP contribution in [0.3, 0.4) is 0 Å². The third-order valence-corrected chi connectivity index (χ3v) is 6.08. The van der Waals surface area contributed by atoms with Gasteiger partial charge in [-0.05, 0) is 30.8 Å². The SMILES string of the molecule is COCC1=CCN(S(=O)(=O)N2CCC(CO)CC2)CC1. The molecule has 0 aromatic heterocycles. The predicted molar refractivity (Wildman–Crippen MR) is 76.5 cm³/mol. The maximum Gasteiger partial charge on any atom is 0.282 e. The minimum Gasteiger partial charge on any atom is -0.396 e. The Balaban J connectivity index is 1.95. The molecule has 1 fully saturated rings. The third kappa shape index (κ3) is 3.59. The average molecular weight is 304 g/mol. The first-order valence-electron chi connectivity index (χ1n) is 7.11. The van der Waals surface area contributed by atoms with Gasteiger partial charge in [-0.15, -0.1) is 0 Å². The van der Waals surface area contributed by atoms with Crippen LogP contribution < -0.4 is 0 Å². The van der Waals surface area contributed by atoms with E-state index in [0.29, 0.717) is 32.8 Å². The maximum absolute atomic E-state index is 12.5. The quantitative estimate of drug-likeness (QED) is 0.737. The van der Waals surface area contributed by atoms with Gasteiger partial charge >= 0.3 is 0 Å². The molecule has 0 spiro atoms. The number of nitrogens with zero attached hydrogens (tertiary/aromatic N) is 2. The molecule has 0 aromatic carbocycles. The van der Waals surface area contributed by atoms with Crippen molar-refractivity contribution in [3.8, 4) is 0 Å². The van der Waals surface area contributed by atoms with Gasteiger partial charge in [0.05, 0.1) is 6.61 Å². The van der Waals surface area contributed by atoms with Gasteiger partial charge in [0.25, 0.3) is 10.2 Å². The molecular weight excluding hydrogens is 280 g/mol. The van der Waals surface area contributed by atoms with Crippen LogP contribution in [0.4, 0.5) is 0 Å². The second kappa shape index (κ2) is 7.00. The van der Waals surface area contributed by atoms with Crippen molar-refractivity contribution in [2.45, 2.75) is 19.3 Å². The van der Waals surface area contributed by atoms with E-state index in [0.717, 1.165) is 24.8 Å². The van der Waals surface area contributed by atoms with E-state index in [9.17, 15) is 8.42 Å². The van der Waals surface area contributed by atoms with Gasteiger partial charge < -0.3 is 9.84 Å². The normalized spacial score (nSPS) is 23.8. The van der Waals surface area contributed by atoms with Crippen molar-refractivity contribution in [2.75, 3.05) is 46.5 Å². The molecule has 0 aliphatic carbocycles. The Bertz CT molecular complexity index is 441. The maximum atomic E-state index is 12.5. The van der Waals surface area contributed by atoms with Crippen LogP contribution in [-0.2, 0) is 14.9 Å². The molecule has 1 saturated heterocycles. The van der Waals surface area contributed by atoms with Gasteiger partial charge in [0.15, 0.2) is 0 Å². The standard InChI is InChI=1S/C13H24N2O4S/c1-19-11-13-4-8-15(9-5-13)20(17,18)14-6-2-12(10-16)3-7-14/h4,12,16H,2-3,5-11H2,1H3. The van der Waals surface area contributed by atoms with Crippen LogP contribution in [-0.4, -0.2) is 68.6 Å². The largest absolute Gasteiger partial charge is 0.396 e. The zero-order valence-electron chi connectivity index (χ0n) is 12.0. The number of aliphatic hydroxyl groups excluding tert-OH is 1. The van der Waals surface area contributed by atoms with Gasteiger partial charge in [0, 0.05) is 39.9 Å². The van der Waals surface area contributed by atoms with Crippen LogP contribution in [0.1, 0.15) is 19.3 Å². The molecule has 0 saturated carbocycles. The summed E-state index contributed by atoms with van der Waals surface area (Å²) in [5.74, 6) is 0.246. The van der Waals surface area contributed by atoms with E-state index in [1.54, 1.807) is 11.4 Å². The molecule has 6 nitrogen and oxygen atoms in total. The number of piperidine rings is 1. The van der Waals surface area contributed by atoms with Gasteiger partial charge in [-0.2, -0.15) is 17.0 Å². The van der Waals surface area contributed by atoms with Crippen molar-refractivity contribution in [1.29, 1.82) is 0 Å². The fourth-order valence-corrected chi connectivity index (χ4v) is 4.29. The van der Waals surface area contributed by atoms with Gasteiger partial charge in [0.2, 0.25) is 0 Å². The molecular formula is C13H24N2O4S. The fourth-order valence-electron chi connectivity index (χ4n) is 2.70. The second-order valence-electron chi connectivity index (χ2n) is 5.44. The lowest BCUT2D eigenvalue weighted by Crippen LogP contribution is -2.48. The summed E-state index contributed by atoms with van der Waals surface area (Å²) in [6.45, 7) is 2.71. The molecule has 7 heteroatoms. The molecule has 2 aliphatic rings. The third-order valence-electron chi connectivity index (χ3n) is 4.08. The molecule has 2 rings (SSSR count). The summed E-state index contributed by atoms with van der Waals surface area (Å²) in [6, 6.07) is 0. The van der Waals surface area contributed by atoms with Crippen molar-refractivity contribution >= 4 is 10.2 Å². The molecule has 2 heterocycles. The van der Waals surface area contributed by atoms with E-state index < -0.39 is 10.2 Å². The van der Waals surface area contributed by atoms with Gasteiger partial charge in [-0.3, -0.25) is 0 Å². The minimum absolute atomic E-state index is 0.153. The lowest BCUT2D eigenvalue weighted by Gasteiger charge is -2.35. The summed E-state index contributed by atoms with van der Waals surface area (Å²) in [5.41, 5.74) is 1.16. The summed E-state index contributed by atoms with van der Waals surface area (Å²) in [4.78, 5) is 0. The first kappa shape index (κ1) is 15.9. The van der Waals surface area contributed by atoms with E-state index in [1.807, 2.05) is 6.08 Å². The van der Waals surface area contributed by atoms with Crippen LogP contribution in [0.25, 0.3) is 0 Å². The highest BCUT2D eigenvalue weighted by Gasteiger charge is 2.33. The van der Waals surface area contributed by atoms with Crippen molar-refractivity contribution < 1.29 is 18.3 Å². The average Bonchev–Trinajstić information content (AvgIpc) is 2.48. The van der Waals surface area contributed by atoms with Crippen LogP contribution in [0.2, 0.25) is 0 Å². The van der Waals surface area contributed by atoms with E-state index in [2.05, 4.69) is 0 Å². The Morgan fingerprint density at radius 2 is 2.00 bits per heavy atom. The van der Waals surface area contributed by atoms with E-state index in [-0.39, 0.29) is 12.5 Å². The summed E-state index contributed by atoms with van der Waals surface area (Å²) in [7, 11) is -1.71. The van der Waals surface area contributed by atoms with Crippen molar-refractivity contribution in [3.05, 3.63) is 11.6 Å². The molecule has 0 bridgehead atoms. The van der Waals surface area contributed by atoms with Crippen molar-refractivity contribution in [3.63, 3.8) is 0 Å². The minimum atomic E-state index is -3.36.